The number of hydrogen-bond donors (Lipinski definition) is 1. The Morgan fingerprint density at radius 2 is 2.16 bits per heavy atom. The van der Waals surface area contributed by atoms with Gasteiger partial charge >= 0.3 is 0 Å². The van der Waals surface area contributed by atoms with Crippen LogP contribution in [0.15, 0.2) is 24.3 Å². The monoisotopic (exact) mass is 256 g/mol. The first-order valence-electron chi connectivity index (χ1n) is 6.17. The third-order valence-corrected chi connectivity index (χ3v) is 2.77. The van der Waals surface area contributed by atoms with E-state index in [-0.39, 0.29) is 0 Å². The van der Waals surface area contributed by atoms with Gasteiger partial charge in [0.1, 0.15) is 17.5 Å². The summed E-state index contributed by atoms with van der Waals surface area (Å²) in [5, 5.41) is 13.4. The summed E-state index contributed by atoms with van der Waals surface area (Å²) >= 11 is 0. The van der Waals surface area contributed by atoms with Crippen molar-refractivity contribution in [3.05, 3.63) is 35.5 Å². The van der Waals surface area contributed by atoms with Crippen molar-refractivity contribution >= 4 is 5.69 Å². The van der Waals surface area contributed by atoms with E-state index in [1.807, 2.05) is 13.0 Å². The van der Waals surface area contributed by atoms with E-state index >= 15 is 0 Å². The summed E-state index contributed by atoms with van der Waals surface area (Å²) in [6.45, 7) is 4.62. The van der Waals surface area contributed by atoms with Gasteiger partial charge in [-0.1, -0.05) is 19.1 Å². The van der Waals surface area contributed by atoms with E-state index < -0.39 is 0 Å². The zero-order valence-corrected chi connectivity index (χ0v) is 11.1. The second kappa shape index (κ2) is 5.44. The number of ether oxygens (including phenoxy) is 1. The fraction of sp³-hybridized carbons (Fsp3) is 0.286. The molecule has 0 saturated heterocycles. The van der Waals surface area contributed by atoms with Crippen molar-refractivity contribution in [1.29, 1.82) is 5.26 Å². The number of benzene rings is 1. The normalized spacial score (nSPS) is 10.2. The third kappa shape index (κ3) is 2.52. The molecule has 0 radical (unpaired) electrons. The van der Waals surface area contributed by atoms with Gasteiger partial charge < -0.3 is 10.5 Å². The minimum absolute atomic E-state index is 0.476. The van der Waals surface area contributed by atoms with Crippen LogP contribution in [0.5, 0.6) is 11.6 Å². The minimum atomic E-state index is 0.476. The van der Waals surface area contributed by atoms with Crippen LogP contribution in [0.2, 0.25) is 0 Å². The highest BCUT2D eigenvalue weighted by Crippen LogP contribution is 2.31. The molecule has 1 heterocycles. The molecular weight excluding hydrogens is 240 g/mol. The first kappa shape index (κ1) is 13.0. The van der Waals surface area contributed by atoms with Crippen LogP contribution < -0.4 is 10.5 Å². The molecule has 0 unspecified atom stereocenters. The lowest BCUT2D eigenvalue weighted by molar-refractivity contribution is 0.409. The van der Waals surface area contributed by atoms with E-state index in [1.165, 1.54) is 0 Å². The molecule has 2 rings (SSSR count). The highest BCUT2D eigenvalue weighted by atomic mass is 16.5. The summed E-state index contributed by atoms with van der Waals surface area (Å²) in [5.41, 5.74) is 7.71. The van der Waals surface area contributed by atoms with Crippen LogP contribution in [0.25, 0.3) is 0 Å². The Labute approximate surface area is 112 Å². The van der Waals surface area contributed by atoms with Crippen LogP contribution in [0, 0.1) is 18.3 Å². The second-order valence-electron chi connectivity index (χ2n) is 4.24. The number of nitrogen functional groups attached to an aromatic ring is 1. The maximum Gasteiger partial charge on any atom is 0.241 e. The number of nitrogens with zero attached hydrogens (tertiary/aromatic N) is 3. The smallest absolute Gasteiger partial charge is 0.241 e. The molecule has 0 amide bonds. The van der Waals surface area contributed by atoms with E-state index in [2.05, 4.69) is 18.1 Å². The molecule has 0 saturated carbocycles. The number of aromatic nitrogens is 2. The molecule has 0 aliphatic rings. The molecule has 5 heteroatoms. The van der Waals surface area contributed by atoms with Gasteiger partial charge in [0.2, 0.25) is 5.88 Å². The molecule has 0 spiro atoms. The Balaban J connectivity index is 2.40. The Bertz CT molecular complexity index is 625. The fourth-order valence-corrected chi connectivity index (χ4v) is 1.80. The van der Waals surface area contributed by atoms with E-state index in [0.29, 0.717) is 22.9 Å². The number of hydrogen-bond acceptors (Lipinski definition) is 4. The molecule has 0 fully saturated rings. The summed E-state index contributed by atoms with van der Waals surface area (Å²) < 4.78 is 7.52. The molecule has 2 aromatic rings. The molecule has 19 heavy (non-hydrogen) atoms. The molecule has 0 bridgehead atoms. The Morgan fingerprint density at radius 3 is 2.84 bits per heavy atom. The standard InChI is InChI=1S/C14H16N4O/c1-3-8-18-14(13(16)10(2)17-18)19-12-7-5-4-6-11(12)9-15/h4-7H,3,8,16H2,1-2H3. The van der Waals surface area contributed by atoms with Crippen molar-refractivity contribution in [1.82, 2.24) is 9.78 Å². The highest BCUT2D eigenvalue weighted by Gasteiger charge is 2.15. The van der Waals surface area contributed by atoms with Gasteiger partial charge in [0, 0.05) is 6.54 Å². The van der Waals surface area contributed by atoms with Crippen LogP contribution in [0.3, 0.4) is 0 Å². The highest BCUT2D eigenvalue weighted by molar-refractivity contribution is 5.55. The van der Waals surface area contributed by atoms with Crippen molar-refractivity contribution in [3.63, 3.8) is 0 Å². The van der Waals surface area contributed by atoms with E-state index in [0.717, 1.165) is 18.7 Å². The zero-order valence-electron chi connectivity index (χ0n) is 11.1. The number of nitrogens with two attached hydrogens (primary N) is 1. The fourth-order valence-electron chi connectivity index (χ4n) is 1.80. The van der Waals surface area contributed by atoms with Crippen molar-refractivity contribution in [2.45, 2.75) is 26.8 Å². The Morgan fingerprint density at radius 1 is 1.42 bits per heavy atom. The van der Waals surface area contributed by atoms with Crippen molar-refractivity contribution in [2.24, 2.45) is 0 Å². The van der Waals surface area contributed by atoms with Gasteiger partial charge in [-0.05, 0) is 25.5 Å². The predicted octanol–water partition coefficient (Wildman–Crippen LogP) is 2.85. The number of nitriles is 1. The number of aryl methyl sites for hydroxylation is 2. The Kier molecular flexibility index (Phi) is 3.71. The summed E-state index contributed by atoms with van der Waals surface area (Å²) in [7, 11) is 0. The average molecular weight is 256 g/mol. The molecule has 0 aliphatic heterocycles. The van der Waals surface area contributed by atoms with Gasteiger partial charge in [-0.3, -0.25) is 0 Å². The SMILES string of the molecule is CCCn1nc(C)c(N)c1Oc1ccccc1C#N. The van der Waals surface area contributed by atoms with Crippen LogP contribution in [0.4, 0.5) is 5.69 Å². The summed E-state index contributed by atoms with van der Waals surface area (Å²) in [5.74, 6) is 0.996. The molecule has 98 valence electrons. The van der Waals surface area contributed by atoms with Gasteiger partial charge in [-0.15, -0.1) is 0 Å². The van der Waals surface area contributed by atoms with Crippen molar-refractivity contribution in [2.75, 3.05) is 5.73 Å². The molecule has 1 aromatic heterocycles. The minimum Gasteiger partial charge on any atom is -0.436 e. The lowest BCUT2D eigenvalue weighted by Gasteiger charge is -2.09. The lowest BCUT2D eigenvalue weighted by Crippen LogP contribution is -2.03. The summed E-state index contributed by atoms with van der Waals surface area (Å²) in [4.78, 5) is 0. The van der Waals surface area contributed by atoms with Crippen LogP contribution >= 0.6 is 0 Å². The molecule has 0 atom stereocenters. The summed E-state index contributed by atoms with van der Waals surface area (Å²) in [6, 6.07) is 9.17. The molecule has 1 aromatic carbocycles. The zero-order chi connectivity index (χ0) is 13.8. The number of rotatable bonds is 4. The quantitative estimate of drug-likeness (QED) is 0.912. The predicted molar refractivity (Wildman–Crippen MR) is 72.9 cm³/mol. The summed E-state index contributed by atoms with van der Waals surface area (Å²) in [6.07, 6.45) is 0.927. The third-order valence-electron chi connectivity index (χ3n) is 2.77. The maximum absolute atomic E-state index is 9.06. The topological polar surface area (TPSA) is 76.9 Å². The van der Waals surface area contributed by atoms with Crippen LogP contribution in [-0.2, 0) is 6.54 Å². The molecule has 0 aliphatic carbocycles. The van der Waals surface area contributed by atoms with Crippen LogP contribution in [0.1, 0.15) is 24.6 Å². The number of anilines is 1. The van der Waals surface area contributed by atoms with Gasteiger partial charge in [-0.2, -0.15) is 10.4 Å². The first-order chi connectivity index (χ1) is 9.17. The molecule has 5 nitrogen and oxygen atoms in total. The van der Waals surface area contributed by atoms with E-state index in [9.17, 15) is 0 Å². The number of para-hydroxylation sites is 1. The van der Waals surface area contributed by atoms with Crippen molar-refractivity contribution in [3.8, 4) is 17.7 Å². The largest absolute Gasteiger partial charge is 0.436 e. The maximum atomic E-state index is 9.06. The molecule has 2 N–H and O–H groups in total. The van der Waals surface area contributed by atoms with Crippen LogP contribution in [-0.4, -0.2) is 9.78 Å². The van der Waals surface area contributed by atoms with Crippen molar-refractivity contribution < 1.29 is 4.74 Å². The van der Waals surface area contributed by atoms with Gasteiger partial charge in [0.15, 0.2) is 0 Å². The van der Waals surface area contributed by atoms with Gasteiger partial charge in [0.25, 0.3) is 0 Å². The Hall–Kier alpha value is -2.48. The van der Waals surface area contributed by atoms with E-state index in [4.69, 9.17) is 15.7 Å². The molecular formula is C14H16N4O. The van der Waals surface area contributed by atoms with Gasteiger partial charge in [0.05, 0.1) is 11.3 Å². The average Bonchev–Trinajstić information content (AvgIpc) is 2.68. The second-order valence-corrected chi connectivity index (χ2v) is 4.24. The lowest BCUT2D eigenvalue weighted by atomic mass is 10.2. The van der Waals surface area contributed by atoms with E-state index in [1.54, 1.807) is 22.9 Å². The van der Waals surface area contributed by atoms with Gasteiger partial charge in [-0.25, -0.2) is 4.68 Å². The first-order valence-corrected chi connectivity index (χ1v) is 6.17.